The number of hydrogen-bond donors (Lipinski definition) is 3. The Labute approximate surface area is 152 Å². The van der Waals surface area contributed by atoms with E-state index in [1.165, 1.54) is 12.1 Å². The van der Waals surface area contributed by atoms with Crippen molar-refractivity contribution in [1.29, 1.82) is 0 Å². The summed E-state index contributed by atoms with van der Waals surface area (Å²) in [6.45, 7) is -0.830. The molecular weight excluding hydrogens is 392 g/mol. The molecule has 0 aromatic heterocycles. The first-order chi connectivity index (χ1) is 12.0. The highest BCUT2D eigenvalue weighted by molar-refractivity contribution is 9.10. The Morgan fingerprint density at radius 1 is 1.00 bits per heavy atom. The molecule has 25 heavy (non-hydrogen) atoms. The SMILES string of the molecule is O=C(COC(=O)c1ccccc1O)NCC(=O)Nc1ccccc1Br. The molecule has 0 saturated heterocycles. The van der Waals surface area contributed by atoms with E-state index in [-0.39, 0.29) is 17.9 Å². The molecule has 7 nitrogen and oxygen atoms in total. The molecule has 0 aliphatic rings. The van der Waals surface area contributed by atoms with Crippen molar-refractivity contribution in [2.75, 3.05) is 18.5 Å². The van der Waals surface area contributed by atoms with Gasteiger partial charge in [-0.15, -0.1) is 0 Å². The predicted molar refractivity (Wildman–Crippen MR) is 94.2 cm³/mol. The van der Waals surface area contributed by atoms with Crippen molar-refractivity contribution in [2.24, 2.45) is 0 Å². The Hall–Kier alpha value is -2.87. The van der Waals surface area contributed by atoms with Gasteiger partial charge in [0.05, 0.1) is 12.2 Å². The van der Waals surface area contributed by atoms with E-state index in [4.69, 9.17) is 4.74 Å². The average molecular weight is 407 g/mol. The molecule has 0 fully saturated rings. The molecule has 0 atom stereocenters. The summed E-state index contributed by atoms with van der Waals surface area (Å²) in [5.74, 6) is -2.12. The van der Waals surface area contributed by atoms with Crippen LogP contribution >= 0.6 is 15.9 Å². The van der Waals surface area contributed by atoms with Crippen molar-refractivity contribution >= 4 is 39.4 Å². The topological polar surface area (TPSA) is 105 Å². The van der Waals surface area contributed by atoms with Gasteiger partial charge in [-0.2, -0.15) is 0 Å². The third-order valence-corrected chi connectivity index (χ3v) is 3.74. The third-order valence-electron chi connectivity index (χ3n) is 3.05. The third kappa shape index (κ3) is 5.61. The van der Waals surface area contributed by atoms with E-state index >= 15 is 0 Å². The molecule has 0 aliphatic carbocycles. The van der Waals surface area contributed by atoms with Gasteiger partial charge < -0.3 is 20.5 Å². The molecule has 0 radical (unpaired) electrons. The summed E-state index contributed by atoms with van der Waals surface area (Å²) in [5, 5.41) is 14.5. The zero-order valence-corrected chi connectivity index (χ0v) is 14.6. The number of carbonyl (C=O) groups excluding carboxylic acids is 3. The van der Waals surface area contributed by atoms with E-state index in [1.807, 2.05) is 0 Å². The number of carbonyl (C=O) groups is 3. The molecule has 0 aliphatic heterocycles. The van der Waals surface area contributed by atoms with Gasteiger partial charge in [0, 0.05) is 4.47 Å². The van der Waals surface area contributed by atoms with Gasteiger partial charge >= 0.3 is 5.97 Å². The van der Waals surface area contributed by atoms with Crippen molar-refractivity contribution in [2.45, 2.75) is 0 Å². The highest BCUT2D eigenvalue weighted by atomic mass is 79.9. The lowest BCUT2D eigenvalue weighted by molar-refractivity contribution is -0.126. The average Bonchev–Trinajstić information content (AvgIpc) is 2.60. The maximum absolute atomic E-state index is 11.8. The molecule has 0 unspecified atom stereocenters. The number of anilines is 1. The van der Waals surface area contributed by atoms with Gasteiger partial charge in [-0.25, -0.2) is 4.79 Å². The zero-order chi connectivity index (χ0) is 18.2. The Morgan fingerprint density at radius 3 is 2.40 bits per heavy atom. The lowest BCUT2D eigenvalue weighted by Crippen LogP contribution is -2.35. The normalized spacial score (nSPS) is 9.96. The Bertz CT molecular complexity index is 794. The Morgan fingerprint density at radius 2 is 1.68 bits per heavy atom. The smallest absolute Gasteiger partial charge is 0.342 e. The van der Waals surface area contributed by atoms with Gasteiger partial charge in [-0.05, 0) is 40.2 Å². The minimum atomic E-state index is -0.828. The molecule has 0 bridgehead atoms. The lowest BCUT2D eigenvalue weighted by atomic mass is 10.2. The van der Waals surface area contributed by atoms with E-state index in [2.05, 4.69) is 26.6 Å². The van der Waals surface area contributed by atoms with Crippen LogP contribution in [0.5, 0.6) is 5.75 Å². The summed E-state index contributed by atoms with van der Waals surface area (Å²) in [5.41, 5.74) is 0.537. The molecule has 130 valence electrons. The molecule has 0 heterocycles. The number of amides is 2. The van der Waals surface area contributed by atoms with Crippen LogP contribution in [0.25, 0.3) is 0 Å². The van der Waals surface area contributed by atoms with Gasteiger partial charge in [0.1, 0.15) is 11.3 Å². The van der Waals surface area contributed by atoms with Crippen LogP contribution in [0.15, 0.2) is 53.0 Å². The number of phenolic OH excluding ortho intramolecular Hbond substituents is 1. The van der Waals surface area contributed by atoms with Crippen LogP contribution in [0.1, 0.15) is 10.4 Å². The summed E-state index contributed by atoms with van der Waals surface area (Å²) >= 11 is 3.29. The van der Waals surface area contributed by atoms with Crippen molar-refractivity contribution in [1.82, 2.24) is 5.32 Å². The second kappa shape index (κ2) is 8.84. The highest BCUT2D eigenvalue weighted by Crippen LogP contribution is 2.20. The first-order valence-corrected chi connectivity index (χ1v) is 8.03. The summed E-state index contributed by atoms with van der Waals surface area (Å²) in [7, 11) is 0. The summed E-state index contributed by atoms with van der Waals surface area (Å²) < 4.78 is 5.50. The van der Waals surface area contributed by atoms with Gasteiger partial charge in [-0.3, -0.25) is 9.59 Å². The summed E-state index contributed by atoms with van der Waals surface area (Å²) in [6, 6.07) is 12.9. The second-order valence-electron chi connectivity index (χ2n) is 4.90. The van der Waals surface area contributed by atoms with Crippen LogP contribution in [-0.2, 0) is 14.3 Å². The molecular formula is C17H15BrN2O5. The fourth-order valence-corrected chi connectivity index (χ4v) is 2.23. The van der Waals surface area contributed by atoms with Crippen molar-refractivity contribution in [3.63, 3.8) is 0 Å². The van der Waals surface area contributed by atoms with Gasteiger partial charge in [0.25, 0.3) is 5.91 Å². The van der Waals surface area contributed by atoms with E-state index in [9.17, 15) is 19.5 Å². The lowest BCUT2D eigenvalue weighted by Gasteiger charge is -2.09. The quantitative estimate of drug-likeness (QED) is 0.636. The van der Waals surface area contributed by atoms with Gasteiger partial charge in [-0.1, -0.05) is 24.3 Å². The standard InChI is InChI=1S/C17H15BrN2O5/c18-12-6-2-3-7-13(12)20-15(22)9-19-16(23)10-25-17(24)11-5-1-4-8-14(11)21/h1-8,21H,9-10H2,(H,19,23)(H,20,22). The van der Waals surface area contributed by atoms with Crippen molar-refractivity contribution in [3.05, 3.63) is 58.6 Å². The minimum absolute atomic E-state index is 0.0398. The van der Waals surface area contributed by atoms with E-state index in [0.29, 0.717) is 10.2 Å². The number of rotatable bonds is 6. The van der Waals surface area contributed by atoms with E-state index in [1.54, 1.807) is 36.4 Å². The van der Waals surface area contributed by atoms with Crippen molar-refractivity contribution in [3.8, 4) is 5.75 Å². The van der Waals surface area contributed by atoms with Gasteiger partial charge in [0.2, 0.25) is 5.91 Å². The number of halogens is 1. The molecule has 2 amide bonds. The largest absolute Gasteiger partial charge is 0.507 e. The second-order valence-corrected chi connectivity index (χ2v) is 5.75. The number of benzene rings is 2. The number of aromatic hydroxyl groups is 1. The first kappa shape index (κ1) is 18.5. The number of para-hydroxylation sites is 2. The number of esters is 1. The maximum Gasteiger partial charge on any atom is 0.342 e. The number of hydrogen-bond acceptors (Lipinski definition) is 5. The van der Waals surface area contributed by atoms with E-state index < -0.39 is 24.4 Å². The van der Waals surface area contributed by atoms with Crippen LogP contribution in [0, 0.1) is 0 Å². The van der Waals surface area contributed by atoms with Crippen LogP contribution < -0.4 is 10.6 Å². The first-order valence-electron chi connectivity index (χ1n) is 7.23. The minimum Gasteiger partial charge on any atom is -0.507 e. The molecule has 8 heteroatoms. The molecule has 2 aromatic carbocycles. The Kier molecular flexibility index (Phi) is 6.53. The zero-order valence-electron chi connectivity index (χ0n) is 13.0. The van der Waals surface area contributed by atoms with Gasteiger partial charge in [0.15, 0.2) is 6.61 Å². The summed E-state index contributed by atoms with van der Waals surface area (Å²) in [6.07, 6.45) is 0. The monoisotopic (exact) mass is 406 g/mol. The number of ether oxygens (including phenoxy) is 1. The fraction of sp³-hybridized carbons (Fsp3) is 0.118. The molecule has 2 aromatic rings. The van der Waals surface area contributed by atoms with E-state index in [0.717, 1.165) is 0 Å². The highest BCUT2D eigenvalue weighted by Gasteiger charge is 2.14. The number of phenols is 1. The molecule has 2 rings (SSSR count). The van der Waals surface area contributed by atoms with Crippen molar-refractivity contribution < 1.29 is 24.2 Å². The van der Waals surface area contributed by atoms with Crippen LogP contribution in [-0.4, -0.2) is 36.0 Å². The van der Waals surface area contributed by atoms with Crippen LogP contribution in [0.3, 0.4) is 0 Å². The molecule has 3 N–H and O–H groups in total. The fourth-order valence-electron chi connectivity index (χ4n) is 1.84. The molecule has 0 saturated carbocycles. The Balaban J connectivity index is 1.75. The van der Waals surface area contributed by atoms with Crippen LogP contribution in [0.4, 0.5) is 5.69 Å². The number of nitrogens with one attached hydrogen (secondary N) is 2. The maximum atomic E-state index is 11.8. The predicted octanol–water partition coefficient (Wildman–Crippen LogP) is 2.07. The van der Waals surface area contributed by atoms with Crippen LogP contribution in [0.2, 0.25) is 0 Å². The molecule has 0 spiro atoms. The summed E-state index contributed by atoms with van der Waals surface area (Å²) in [4.78, 5) is 35.2.